The van der Waals surface area contributed by atoms with Gasteiger partial charge >= 0.3 is 6.18 Å². The van der Waals surface area contributed by atoms with E-state index in [1.165, 1.54) is 22.6 Å². The minimum Gasteiger partial charge on any atom is -0.479 e. The summed E-state index contributed by atoms with van der Waals surface area (Å²) in [5.74, 6) is 0.359. The Morgan fingerprint density at radius 1 is 1.52 bits per heavy atom. The van der Waals surface area contributed by atoms with Crippen LogP contribution in [0.2, 0.25) is 0 Å². The SMILES string of the molecule is COc1cc(C(=O)N(C)C[C@H]2CCc3nc(C(F)(F)F)cn3C2)on1. The molecule has 1 aliphatic heterocycles. The van der Waals surface area contributed by atoms with Gasteiger partial charge in [0.2, 0.25) is 5.76 Å². The molecule has 3 heterocycles. The molecule has 1 atom stereocenters. The maximum atomic E-state index is 12.8. The summed E-state index contributed by atoms with van der Waals surface area (Å²) in [6.45, 7) is 0.774. The third-order valence-electron chi connectivity index (χ3n) is 4.17. The summed E-state index contributed by atoms with van der Waals surface area (Å²) < 4.78 is 49.6. The highest BCUT2D eigenvalue weighted by Crippen LogP contribution is 2.30. The molecule has 1 amide bonds. The largest absolute Gasteiger partial charge is 0.479 e. The second-order valence-electron chi connectivity index (χ2n) is 6.02. The van der Waals surface area contributed by atoms with Crippen LogP contribution in [-0.2, 0) is 19.1 Å². The van der Waals surface area contributed by atoms with E-state index < -0.39 is 11.9 Å². The Kier molecular flexibility index (Phi) is 4.44. The number of amides is 1. The molecule has 2 aromatic heterocycles. The van der Waals surface area contributed by atoms with Crippen molar-refractivity contribution < 1.29 is 27.2 Å². The smallest absolute Gasteiger partial charge is 0.434 e. The predicted molar refractivity (Wildman–Crippen MR) is 79.1 cm³/mol. The van der Waals surface area contributed by atoms with E-state index in [4.69, 9.17) is 9.26 Å². The highest BCUT2D eigenvalue weighted by atomic mass is 19.4. The van der Waals surface area contributed by atoms with Gasteiger partial charge in [0.1, 0.15) is 5.82 Å². The number of alkyl halides is 3. The second kappa shape index (κ2) is 6.41. The Balaban J connectivity index is 1.64. The van der Waals surface area contributed by atoms with Gasteiger partial charge in [-0.2, -0.15) is 13.2 Å². The fourth-order valence-corrected chi connectivity index (χ4v) is 2.91. The number of carbonyl (C=O) groups is 1. The van der Waals surface area contributed by atoms with Crippen LogP contribution in [-0.4, -0.2) is 46.2 Å². The summed E-state index contributed by atoms with van der Waals surface area (Å²) in [6.07, 6.45) is -2.31. The highest BCUT2D eigenvalue weighted by Gasteiger charge is 2.36. The van der Waals surface area contributed by atoms with E-state index in [2.05, 4.69) is 10.1 Å². The molecule has 0 saturated heterocycles. The first kappa shape index (κ1) is 17.3. The number of aryl methyl sites for hydroxylation is 1. The molecule has 0 aromatic carbocycles. The predicted octanol–water partition coefficient (Wildman–Crippen LogP) is 2.23. The maximum Gasteiger partial charge on any atom is 0.434 e. The lowest BCUT2D eigenvalue weighted by Crippen LogP contribution is -2.35. The van der Waals surface area contributed by atoms with Gasteiger partial charge in [0.25, 0.3) is 11.8 Å². The number of hydrogen-bond acceptors (Lipinski definition) is 5. The molecule has 25 heavy (non-hydrogen) atoms. The summed E-state index contributed by atoms with van der Waals surface area (Å²) in [5.41, 5.74) is -0.874. The molecule has 1 aliphatic rings. The molecule has 3 rings (SSSR count). The van der Waals surface area contributed by atoms with Crippen LogP contribution in [0.15, 0.2) is 16.8 Å². The number of ether oxygens (including phenoxy) is 1. The Hall–Kier alpha value is -2.52. The van der Waals surface area contributed by atoms with Gasteiger partial charge in [0.05, 0.1) is 13.2 Å². The first-order chi connectivity index (χ1) is 11.8. The maximum absolute atomic E-state index is 12.8. The van der Waals surface area contributed by atoms with Crippen molar-refractivity contribution in [1.82, 2.24) is 19.6 Å². The lowest BCUT2D eigenvalue weighted by atomic mass is 9.99. The van der Waals surface area contributed by atoms with Gasteiger partial charge in [-0.1, -0.05) is 0 Å². The van der Waals surface area contributed by atoms with Gasteiger partial charge in [-0.25, -0.2) is 4.98 Å². The van der Waals surface area contributed by atoms with Crippen LogP contribution < -0.4 is 4.74 Å². The number of halogens is 3. The van der Waals surface area contributed by atoms with E-state index in [-0.39, 0.29) is 23.5 Å². The van der Waals surface area contributed by atoms with Crippen LogP contribution >= 0.6 is 0 Å². The topological polar surface area (TPSA) is 73.4 Å². The van der Waals surface area contributed by atoms with Crippen molar-refractivity contribution in [3.8, 4) is 5.88 Å². The number of methoxy groups -OCH3 is 1. The highest BCUT2D eigenvalue weighted by molar-refractivity contribution is 5.91. The zero-order valence-corrected chi connectivity index (χ0v) is 13.7. The van der Waals surface area contributed by atoms with Crippen molar-refractivity contribution in [3.05, 3.63) is 29.5 Å². The number of rotatable bonds is 4. The molecule has 0 spiro atoms. The van der Waals surface area contributed by atoms with Crippen molar-refractivity contribution in [3.63, 3.8) is 0 Å². The first-order valence-electron chi connectivity index (χ1n) is 7.67. The number of hydrogen-bond donors (Lipinski definition) is 0. The van der Waals surface area contributed by atoms with Gasteiger partial charge < -0.3 is 18.7 Å². The number of nitrogens with zero attached hydrogens (tertiary/aromatic N) is 4. The van der Waals surface area contributed by atoms with Crippen molar-refractivity contribution in [1.29, 1.82) is 0 Å². The third-order valence-corrected chi connectivity index (χ3v) is 4.17. The van der Waals surface area contributed by atoms with Crippen LogP contribution in [0.3, 0.4) is 0 Å². The van der Waals surface area contributed by atoms with Crippen molar-refractivity contribution >= 4 is 5.91 Å². The number of imidazole rings is 1. The number of carbonyl (C=O) groups excluding carboxylic acids is 1. The fourth-order valence-electron chi connectivity index (χ4n) is 2.91. The van der Waals surface area contributed by atoms with Crippen molar-refractivity contribution in [2.45, 2.75) is 25.6 Å². The fraction of sp³-hybridized carbons (Fsp3) is 0.533. The number of fused-ring (bicyclic) bond motifs is 1. The molecule has 2 aromatic rings. The summed E-state index contributed by atoms with van der Waals surface area (Å²) in [7, 11) is 3.03. The Labute approximate surface area is 141 Å². The van der Waals surface area contributed by atoms with Gasteiger partial charge in [-0.3, -0.25) is 4.79 Å². The molecule has 0 unspecified atom stereocenters. The molecule has 0 fully saturated rings. The average molecular weight is 358 g/mol. The molecule has 0 bridgehead atoms. The lowest BCUT2D eigenvalue weighted by molar-refractivity contribution is -0.141. The molecular weight excluding hydrogens is 341 g/mol. The molecule has 136 valence electrons. The average Bonchev–Trinajstić information content (AvgIpc) is 3.19. The van der Waals surface area contributed by atoms with Gasteiger partial charge in [-0.15, -0.1) is 0 Å². The van der Waals surface area contributed by atoms with Gasteiger partial charge in [0, 0.05) is 32.8 Å². The third kappa shape index (κ3) is 3.62. The van der Waals surface area contributed by atoms with E-state index in [1.54, 1.807) is 7.05 Å². The Bertz CT molecular complexity index is 768. The quantitative estimate of drug-likeness (QED) is 0.838. The minimum atomic E-state index is -4.45. The monoisotopic (exact) mass is 358 g/mol. The van der Waals surface area contributed by atoms with Crippen molar-refractivity contribution in [2.75, 3.05) is 20.7 Å². The van der Waals surface area contributed by atoms with E-state index in [1.807, 2.05) is 0 Å². The van der Waals surface area contributed by atoms with Crippen LogP contribution in [0.5, 0.6) is 5.88 Å². The summed E-state index contributed by atoms with van der Waals surface area (Å²) >= 11 is 0. The molecule has 7 nitrogen and oxygen atoms in total. The van der Waals surface area contributed by atoms with E-state index >= 15 is 0 Å². The standard InChI is InChI=1S/C15H17F3N4O3/c1-21(14(23)10-5-13(24-2)20-25-10)6-9-3-4-12-19-11(15(16,17)18)8-22(12)7-9/h5,8-9H,3-4,6-7H2,1-2H3/t9-/m1/s1. The van der Waals surface area contributed by atoms with Crippen LogP contribution in [0, 0.1) is 5.92 Å². The molecule has 0 aliphatic carbocycles. The zero-order valence-electron chi connectivity index (χ0n) is 13.7. The van der Waals surface area contributed by atoms with Crippen LogP contribution in [0.4, 0.5) is 13.2 Å². The summed E-state index contributed by atoms with van der Waals surface area (Å²) in [6, 6.07) is 1.39. The van der Waals surface area contributed by atoms with Gasteiger partial charge in [-0.05, 0) is 17.5 Å². The van der Waals surface area contributed by atoms with Gasteiger partial charge in [0.15, 0.2) is 5.69 Å². The second-order valence-corrected chi connectivity index (χ2v) is 6.02. The Morgan fingerprint density at radius 3 is 2.92 bits per heavy atom. The number of aromatic nitrogens is 3. The molecule has 0 radical (unpaired) electrons. The molecule has 0 N–H and O–H groups in total. The molecular formula is C15H17F3N4O3. The lowest BCUT2D eigenvalue weighted by Gasteiger charge is -2.27. The van der Waals surface area contributed by atoms with E-state index in [0.29, 0.717) is 31.8 Å². The van der Waals surface area contributed by atoms with Crippen molar-refractivity contribution in [2.24, 2.45) is 5.92 Å². The normalized spacial score (nSPS) is 17.2. The van der Waals surface area contributed by atoms with E-state index in [0.717, 1.165) is 6.20 Å². The summed E-state index contributed by atoms with van der Waals surface area (Å²) in [5, 5.41) is 3.58. The Morgan fingerprint density at radius 2 is 2.28 bits per heavy atom. The first-order valence-corrected chi connectivity index (χ1v) is 7.67. The zero-order chi connectivity index (χ0) is 18.2. The van der Waals surface area contributed by atoms with Crippen LogP contribution in [0.1, 0.15) is 28.5 Å². The minimum absolute atomic E-state index is 0.0292. The van der Waals surface area contributed by atoms with E-state index in [9.17, 15) is 18.0 Å². The van der Waals surface area contributed by atoms with Crippen LogP contribution in [0.25, 0.3) is 0 Å². The molecule has 0 saturated carbocycles. The molecule has 10 heteroatoms. The summed E-state index contributed by atoms with van der Waals surface area (Å²) in [4.78, 5) is 17.4.